The third kappa shape index (κ3) is 4.28. The van der Waals surface area contributed by atoms with Crippen molar-refractivity contribution >= 4 is 5.91 Å². The van der Waals surface area contributed by atoms with E-state index in [1.807, 2.05) is 31.2 Å². The van der Waals surface area contributed by atoms with E-state index in [-0.39, 0.29) is 5.91 Å². The molecule has 0 bridgehead atoms. The maximum Gasteiger partial charge on any atom is 0.224 e. The lowest BCUT2D eigenvalue weighted by Gasteiger charge is -2.20. The van der Waals surface area contributed by atoms with Gasteiger partial charge in [0, 0.05) is 13.0 Å². The van der Waals surface area contributed by atoms with Gasteiger partial charge in [0.25, 0.3) is 0 Å². The predicted octanol–water partition coefficient (Wildman–Crippen LogP) is 2.40. The van der Waals surface area contributed by atoms with Gasteiger partial charge in [-0.25, -0.2) is 0 Å². The third-order valence-electron chi connectivity index (χ3n) is 2.97. The fraction of sp³-hybridized carbons (Fsp3) is 0.400. The lowest BCUT2D eigenvalue weighted by Crippen LogP contribution is -2.32. The Labute approximate surface area is 118 Å². The lowest BCUT2D eigenvalue weighted by molar-refractivity contribution is -0.132. The van der Waals surface area contributed by atoms with E-state index in [1.165, 1.54) is 0 Å². The Kier molecular flexibility index (Phi) is 5.43. The standard InChI is InChI=1S/C15H20N2O3/c1-2-16-8-7-15(18)17(11-13-5-3-9-19-13)12-14-6-4-10-20-14/h3-6,9-10,16H,2,7-8,11-12H2,1H3. The minimum atomic E-state index is 0.0822. The number of nitrogens with one attached hydrogen (secondary N) is 1. The monoisotopic (exact) mass is 276 g/mol. The molecule has 0 unspecified atom stereocenters. The van der Waals surface area contributed by atoms with Crippen LogP contribution in [-0.2, 0) is 17.9 Å². The van der Waals surface area contributed by atoms with Gasteiger partial charge in [0.1, 0.15) is 11.5 Å². The summed E-state index contributed by atoms with van der Waals surface area (Å²) in [5.41, 5.74) is 0. The van der Waals surface area contributed by atoms with E-state index in [0.717, 1.165) is 18.1 Å². The van der Waals surface area contributed by atoms with Crippen LogP contribution >= 0.6 is 0 Å². The molecule has 1 amide bonds. The van der Waals surface area contributed by atoms with Crippen LogP contribution < -0.4 is 5.32 Å². The average Bonchev–Trinajstić information content (AvgIpc) is 3.11. The van der Waals surface area contributed by atoms with Crippen molar-refractivity contribution in [1.82, 2.24) is 10.2 Å². The van der Waals surface area contributed by atoms with Crippen LogP contribution in [0.3, 0.4) is 0 Å². The molecule has 2 aromatic rings. The first-order valence-corrected chi connectivity index (χ1v) is 6.83. The van der Waals surface area contributed by atoms with Crippen molar-refractivity contribution in [3.05, 3.63) is 48.3 Å². The number of hydrogen-bond acceptors (Lipinski definition) is 4. The minimum absolute atomic E-state index is 0.0822. The molecular weight excluding hydrogens is 256 g/mol. The summed E-state index contributed by atoms with van der Waals surface area (Å²) in [6.45, 7) is 4.48. The summed E-state index contributed by atoms with van der Waals surface area (Å²) in [6.07, 6.45) is 3.70. The molecular formula is C15H20N2O3. The highest BCUT2D eigenvalue weighted by molar-refractivity contribution is 5.76. The number of nitrogens with zero attached hydrogens (tertiary/aromatic N) is 1. The van der Waals surface area contributed by atoms with Crippen LogP contribution in [0.2, 0.25) is 0 Å². The summed E-state index contributed by atoms with van der Waals surface area (Å²) in [5.74, 6) is 1.63. The SMILES string of the molecule is CCNCCC(=O)N(Cc1ccco1)Cc1ccco1. The van der Waals surface area contributed by atoms with Gasteiger partial charge in [-0.2, -0.15) is 0 Å². The first-order chi connectivity index (χ1) is 9.79. The summed E-state index contributed by atoms with van der Waals surface area (Å²) in [6, 6.07) is 7.38. The van der Waals surface area contributed by atoms with Gasteiger partial charge in [0.05, 0.1) is 25.6 Å². The minimum Gasteiger partial charge on any atom is -0.467 e. The third-order valence-corrected chi connectivity index (χ3v) is 2.97. The van der Waals surface area contributed by atoms with Crippen molar-refractivity contribution in [3.63, 3.8) is 0 Å². The Balaban J connectivity index is 1.97. The second-order valence-corrected chi connectivity index (χ2v) is 4.51. The Hall–Kier alpha value is -2.01. The Bertz CT molecular complexity index is 455. The number of hydrogen-bond donors (Lipinski definition) is 1. The summed E-state index contributed by atoms with van der Waals surface area (Å²) < 4.78 is 10.6. The molecule has 5 nitrogen and oxygen atoms in total. The number of carbonyl (C=O) groups is 1. The molecule has 1 N–H and O–H groups in total. The molecule has 2 heterocycles. The van der Waals surface area contributed by atoms with Crippen molar-refractivity contribution < 1.29 is 13.6 Å². The average molecular weight is 276 g/mol. The zero-order valence-corrected chi connectivity index (χ0v) is 11.7. The molecule has 0 saturated carbocycles. The van der Waals surface area contributed by atoms with Gasteiger partial charge in [-0.05, 0) is 30.8 Å². The molecule has 2 aromatic heterocycles. The van der Waals surface area contributed by atoms with Crippen molar-refractivity contribution in [3.8, 4) is 0 Å². The van der Waals surface area contributed by atoms with Crippen LogP contribution in [0.15, 0.2) is 45.6 Å². The zero-order valence-electron chi connectivity index (χ0n) is 11.7. The number of carbonyl (C=O) groups excluding carboxylic acids is 1. The maximum atomic E-state index is 12.3. The summed E-state index contributed by atoms with van der Waals surface area (Å²) >= 11 is 0. The smallest absolute Gasteiger partial charge is 0.224 e. The van der Waals surface area contributed by atoms with E-state index in [4.69, 9.17) is 8.83 Å². The number of rotatable bonds is 8. The molecule has 2 rings (SSSR count). The molecule has 0 aliphatic carbocycles. The molecule has 0 aromatic carbocycles. The van der Waals surface area contributed by atoms with Crippen molar-refractivity contribution in [2.75, 3.05) is 13.1 Å². The fourth-order valence-electron chi connectivity index (χ4n) is 1.94. The number of amides is 1. The van der Waals surface area contributed by atoms with Crippen LogP contribution in [0.25, 0.3) is 0 Å². The summed E-state index contributed by atoms with van der Waals surface area (Å²) in [7, 11) is 0. The molecule has 0 radical (unpaired) electrons. The highest BCUT2D eigenvalue weighted by atomic mass is 16.3. The highest BCUT2D eigenvalue weighted by Gasteiger charge is 2.16. The molecule has 108 valence electrons. The molecule has 0 saturated heterocycles. The number of furan rings is 2. The van der Waals surface area contributed by atoms with E-state index in [0.29, 0.717) is 26.1 Å². The highest BCUT2D eigenvalue weighted by Crippen LogP contribution is 2.12. The normalized spacial score (nSPS) is 10.7. The van der Waals surface area contributed by atoms with Crippen LogP contribution in [0.5, 0.6) is 0 Å². The van der Waals surface area contributed by atoms with E-state index >= 15 is 0 Å². The van der Waals surface area contributed by atoms with Gasteiger partial charge >= 0.3 is 0 Å². The van der Waals surface area contributed by atoms with Gasteiger partial charge in [0.15, 0.2) is 0 Å². The maximum absolute atomic E-state index is 12.3. The first-order valence-electron chi connectivity index (χ1n) is 6.83. The van der Waals surface area contributed by atoms with E-state index in [9.17, 15) is 4.79 Å². The van der Waals surface area contributed by atoms with E-state index in [2.05, 4.69) is 5.32 Å². The molecule has 0 aliphatic heterocycles. The zero-order chi connectivity index (χ0) is 14.2. The van der Waals surface area contributed by atoms with Crippen molar-refractivity contribution in [2.24, 2.45) is 0 Å². The Morgan fingerprint density at radius 2 is 1.75 bits per heavy atom. The topological polar surface area (TPSA) is 58.6 Å². The predicted molar refractivity (Wildman–Crippen MR) is 74.8 cm³/mol. The van der Waals surface area contributed by atoms with Gasteiger partial charge in [0.2, 0.25) is 5.91 Å². The van der Waals surface area contributed by atoms with Crippen LogP contribution in [0.4, 0.5) is 0 Å². The molecule has 5 heteroatoms. The van der Waals surface area contributed by atoms with Gasteiger partial charge in [-0.1, -0.05) is 6.92 Å². The van der Waals surface area contributed by atoms with E-state index < -0.39 is 0 Å². The quantitative estimate of drug-likeness (QED) is 0.752. The first kappa shape index (κ1) is 14.4. The Morgan fingerprint density at radius 1 is 1.15 bits per heavy atom. The largest absolute Gasteiger partial charge is 0.467 e. The molecule has 0 aliphatic rings. The van der Waals surface area contributed by atoms with Crippen LogP contribution in [0.1, 0.15) is 24.9 Å². The fourth-order valence-corrected chi connectivity index (χ4v) is 1.94. The summed E-state index contributed by atoms with van der Waals surface area (Å²) in [5, 5.41) is 3.16. The van der Waals surface area contributed by atoms with E-state index in [1.54, 1.807) is 17.4 Å². The lowest BCUT2D eigenvalue weighted by atomic mass is 10.3. The van der Waals surface area contributed by atoms with Gasteiger partial charge in [-0.3, -0.25) is 4.79 Å². The van der Waals surface area contributed by atoms with Crippen LogP contribution in [-0.4, -0.2) is 23.9 Å². The Morgan fingerprint density at radius 3 is 2.20 bits per heavy atom. The van der Waals surface area contributed by atoms with Crippen molar-refractivity contribution in [1.29, 1.82) is 0 Å². The summed E-state index contributed by atoms with van der Waals surface area (Å²) in [4.78, 5) is 14.0. The van der Waals surface area contributed by atoms with Gasteiger partial charge < -0.3 is 19.1 Å². The molecule has 0 atom stereocenters. The van der Waals surface area contributed by atoms with Crippen molar-refractivity contribution in [2.45, 2.75) is 26.4 Å². The molecule has 0 spiro atoms. The second-order valence-electron chi connectivity index (χ2n) is 4.51. The van der Waals surface area contributed by atoms with Gasteiger partial charge in [-0.15, -0.1) is 0 Å². The van der Waals surface area contributed by atoms with Crippen LogP contribution in [0, 0.1) is 0 Å². The molecule has 20 heavy (non-hydrogen) atoms. The molecule has 0 fully saturated rings. The second kappa shape index (κ2) is 7.55.